The summed E-state index contributed by atoms with van der Waals surface area (Å²) in [6.07, 6.45) is 1.43. The van der Waals surface area contributed by atoms with Gasteiger partial charge in [-0.25, -0.2) is 30.9 Å². The van der Waals surface area contributed by atoms with Gasteiger partial charge < -0.3 is 14.8 Å². The van der Waals surface area contributed by atoms with Gasteiger partial charge in [0, 0.05) is 29.2 Å². The molecule has 39 heavy (non-hydrogen) atoms. The van der Waals surface area contributed by atoms with E-state index in [-0.39, 0.29) is 22.4 Å². The molecule has 0 aliphatic heterocycles. The minimum Gasteiger partial charge on any atom is -0.497 e. The molecule has 4 rings (SSSR count). The maximum Gasteiger partial charge on any atom is 0.269 e. The van der Waals surface area contributed by atoms with Crippen LogP contribution in [0.25, 0.3) is 0 Å². The minimum atomic E-state index is -4.51. The summed E-state index contributed by atoms with van der Waals surface area (Å²) in [5, 5.41) is 4.52. The van der Waals surface area contributed by atoms with Crippen molar-refractivity contribution in [1.29, 1.82) is 0 Å². The van der Waals surface area contributed by atoms with Crippen LogP contribution >= 0.6 is 22.9 Å². The predicted molar refractivity (Wildman–Crippen MR) is 145 cm³/mol. The summed E-state index contributed by atoms with van der Waals surface area (Å²) in [6.45, 7) is 1.42. The number of hydrogen-bond donors (Lipinski definition) is 1. The lowest BCUT2D eigenvalue weighted by molar-refractivity contribution is 0.391. The third-order valence-electron chi connectivity index (χ3n) is 5.85. The minimum absolute atomic E-state index is 0.0722. The molecular formula is C26H23ClF3N3O4S2. The lowest BCUT2D eigenvalue weighted by atomic mass is 10.1. The first-order valence-corrected chi connectivity index (χ1v) is 14.1. The monoisotopic (exact) mass is 597 g/mol. The number of nitrogens with one attached hydrogen (secondary N) is 1. The van der Waals surface area contributed by atoms with Gasteiger partial charge in [0.1, 0.15) is 22.2 Å². The Bertz CT molecular complexity index is 1590. The molecule has 3 aromatic carbocycles. The van der Waals surface area contributed by atoms with Crippen LogP contribution in [-0.2, 0) is 16.6 Å². The molecular weight excluding hydrogens is 575 g/mol. The summed E-state index contributed by atoms with van der Waals surface area (Å²) in [5.74, 6) is -2.21. The Morgan fingerprint density at radius 3 is 2.44 bits per heavy atom. The van der Waals surface area contributed by atoms with Crippen LogP contribution in [0.3, 0.4) is 0 Å². The van der Waals surface area contributed by atoms with Crippen LogP contribution in [0.5, 0.6) is 11.5 Å². The molecule has 1 heterocycles. The number of thiazole rings is 1. The summed E-state index contributed by atoms with van der Waals surface area (Å²) in [6, 6.07) is 9.60. The van der Waals surface area contributed by atoms with E-state index in [0.717, 1.165) is 39.9 Å². The third-order valence-corrected chi connectivity index (χ3v) is 8.82. The first kappa shape index (κ1) is 28.5. The van der Waals surface area contributed by atoms with Crippen molar-refractivity contribution in [3.63, 3.8) is 0 Å². The van der Waals surface area contributed by atoms with Crippen molar-refractivity contribution >= 4 is 43.8 Å². The summed E-state index contributed by atoms with van der Waals surface area (Å²) in [5.41, 5.74) is 0.940. The highest BCUT2D eigenvalue weighted by Crippen LogP contribution is 2.36. The molecule has 13 heteroatoms. The summed E-state index contributed by atoms with van der Waals surface area (Å²) in [4.78, 5) is 3.46. The maximum atomic E-state index is 15.4. The van der Waals surface area contributed by atoms with Gasteiger partial charge in [-0.05, 0) is 48.9 Å². The fraction of sp³-hybridized carbons (Fsp3) is 0.192. The van der Waals surface area contributed by atoms with E-state index in [4.69, 9.17) is 21.1 Å². The standard InChI is InChI=1S/C26H23ClF3N3O4S2/c1-15(16-5-7-20(28)21(29)10-16)32-23-13-22(30)25(12-19(23)27)39(34,35)33(26-31-8-9-38-26)14-17-4-6-18(36-2)11-24(17)37-3/h4-13,15,32H,14H2,1-3H3. The SMILES string of the molecule is COc1ccc(CN(c2nccs2)S(=O)(=O)c2cc(Cl)c(NC(C)c3ccc(F)c(F)c3)cc2F)c(OC)c1. The van der Waals surface area contributed by atoms with Crippen LogP contribution in [0, 0.1) is 17.5 Å². The number of aromatic nitrogens is 1. The van der Waals surface area contributed by atoms with Crippen molar-refractivity contribution in [1.82, 2.24) is 4.98 Å². The van der Waals surface area contributed by atoms with E-state index in [9.17, 15) is 17.2 Å². The molecule has 0 aliphatic carbocycles. The topological polar surface area (TPSA) is 80.8 Å². The smallest absolute Gasteiger partial charge is 0.269 e. The zero-order valence-electron chi connectivity index (χ0n) is 20.9. The average Bonchev–Trinajstić information content (AvgIpc) is 3.44. The van der Waals surface area contributed by atoms with E-state index in [1.807, 2.05) is 0 Å². The molecule has 1 N–H and O–H groups in total. The lowest BCUT2D eigenvalue weighted by Gasteiger charge is -2.24. The molecule has 1 unspecified atom stereocenters. The maximum absolute atomic E-state index is 15.4. The number of methoxy groups -OCH3 is 2. The Hall–Kier alpha value is -3.48. The quantitative estimate of drug-likeness (QED) is 0.217. The summed E-state index contributed by atoms with van der Waals surface area (Å²) >= 11 is 7.43. The number of sulfonamides is 1. The Morgan fingerprint density at radius 2 is 1.79 bits per heavy atom. The van der Waals surface area contributed by atoms with Gasteiger partial charge >= 0.3 is 0 Å². The van der Waals surface area contributed by atoms with Crippen LogP contribution in [0.15, 0.2) is 65.0 Å². The molecule has 0 saturated carbocycles. The Labute approximate surface area is 232 Å². The molecule has 1 atom stereocenters. The van der Waals surface area contributed by atoms with Crippen LogP contribution in [0.2, 0.25) is 5.02 Å². The Morgan fingerprint density at radius 1 is 1.03 bits per heavy atom. The number of halogens is 4. The van der Waals surface area contributed by atoms with Gasteiger partial charge in [0.25, 0.3) is 10.0 Å². The molecule has 0 aliphatic rings. The van der Waals surface area contributed by atoms with E-state index in [0.29, 0.717) is 22.6 Å². The van der Waals surface area contributed by atoms with Crippen molar-refractivity contribution < 1.29 is 31.1 Å². The van der Waals surface area contributed by atoms with Crippen molar-refractivity contribution in [2.45, 2.75) is 24.4 Å². The van der Waals surface area contributed by atoms with Crippen LogP contribution < -0.4 is 19.1 Å². The van der Waals surface area contributed by atoms with Gasteiger partial charge in [0.05, 0.1) is 31.5 Å². The third kappa shape index (κ3) is 6.07. The number of hydrogen-bond acceptors (Lipinski definition) is 7. The van der Waals surface area contributed by atoms with Crippen molar-refractivity contribution in [2.75, 3.05) is 23.8 Å². The molecule has 4 aromatic rings. The fourth-order valence-electron chi connectivity index (χ4n) is 3.79. The molecule has 0 bridgehead atoms. The highest BCUT2D eigenvalue weighted by Gasteiger charge is 2.32. The van der Waals surface area contributed by atoms with E-state index in [1.54, 1.807) is 30.5 Å². The van der Waals surface area contributed by atoms with Crippen LogP contribution in [0.1, 0.15) is 24.1 Å². The Balaban J connectivity index is 1.69. The van der Waals surface area contributed by atoms with E-state index in [2.05, 4.69) is 10.3 Å². The van der Waals surface area contributed by atoms with Crippen molar-refractivity contribution in [3.05, 3.63) is 93.7 Å². The molecule has 1 aromatic heterocycles. The molecule has 0 fully saturated rings. The summed E-state index contributed by atoms with van der Waals surface area (Å²) < 4.78 is 81.5. The predicted octanol–water partition coefficient (Wildman–Crippen LogP) is 6.80. The van der Waals surface area contributed by atoms with Gasteiger partial charge in [0.2, 0.25) is 0 Å². The number of nitrogens with zero attached hydrogens (tertiary/aromatic N) is 2. The molecule has 0 saturated heterocycles. The number of benzene rings is 3. The molecule has 7 nitrogen and oxygen atoms in total. The Kier molecular flexibility index (Phi) is 8.57. The zero-order chi connectivity index (χ0) is 28.3. The van der Waals surface area contributed by atoms with Gasteiger partial charge in [-0.1, -0.05) is 17.7 Å². The molecule has 206 valence electrons. The van der Waals surface area contributed by atoms with Gasteiger partial charge in [-0.15, -0.1) is 11.3 Å². The van der Waals surface area contributed by atoms with Crippen LogP contribution in [0.4, 0.5) is 24.0 Å². The first-order valence-electron chi connectivity index (χ1n) is 11.4. The van der Waals surface area contributed by atoms with Gasteiger partial charge in [-0.3, -0.25) is 0 Å². The lowest BCUT2D eigenvalue weighted by Crippen LogP contribution is -2.31. The summed E-state index contributed by atoms with van der Waals surface area (Å²) in [7, 11) is -1.58. The highest BCUT2D eigenvalue weighted by atomic mass is 35.5. The first-order chi connectivity index (χ1) is 18.5. The van der Waals surface area contributed by atoms with E-state index < -0.39 is 38.4 Å². The number of rotatable bonds is 10. The average molecular weight is 598 g/mol. The zero-order valence-corrected chi connectivity index (χ0v) is 23.3. The highest BCUT2D eigenvalue weighted by molar-refractivity contribution is 7.93. The largest absolute Gasteiger partial charge is 0.497 e. The number of ether oxygens (including phenoxy) is 2. The second kappa shape index (κ2) is 11.7. The molecule has 0 spiro atoms. The second-order valence-corrected chi connectivity index (χ2v) is 11.4. The van der Waals surface area contributed by atoms with Crippen LogP contribution in [-0.4, -0.2) is 27.6 Å². The van der Waals surface area contributed by atoms with Gasteiger partial charge in [-0.2, -0.15) is 0 Å². The number of anilines is 2. The van der Waals surface area contributed by atoms with E-state index in [1.165, 1.54) is 26.5 Å². The van der Waals surface area contributed by atoms with Crippen molar-refractivity contribution in [2.24, 2.45) is 0 Å². The molecule has 0 amide bonds. The fourth-order valence-corrected chi connectivity index (χ4v) is 6.41. The van der Waals surface area contributed by atoms with Crippen molar-refractivity contribution in [3.8, 4) is 11.5 Å². The van der Waals surface area contributed by atoms with Gasteiger partial charge in [0.15, 0.2) is 16.8 Å². The normalized spacial score (nSPS) is 12.2. The van der Waals surface area contributed by atoms with E-state index >= 15 is 4.39 Å². The second-order valence-electron chi connectivity index (χ2n) is 8.31. The molecule has 0 radical (unpaired) electrons.